The second-order valence-electron chi connectivity index (χ2n) is 6.69. The summed E-state index contributed by atoms with van der Waals surface area (Å²) in [6.07, 6.45) is 1.42. The number of ether oxygens (including phenoxy) is 1. The summed E-state index contributed by atoms with van der Waals surface area (Å²) in [6.45, 7) is 0.404. The van der Waals surface area contributed by atoms with E-state index in [1.807, 2.05) is 36.4 Å². The fourth-order valence-corrected chi connectivity index (χ4v) is 3.47. The Kier molecular flexibility index (Phi) is 5.19. The largest absolute Gasteiger partial charge is 0.497 e. The first-order valence-corrected chi connectivity index (χ1v) is 9.50. The molecule has 0 saturated heterocycles. The summed E-state index contributed by atoms with van der Waals surface area (Å²) in [6, 6.07) is 21.7. The number of halogens is 1. The van der Waals surface area contributed by atoms with Crippen molar-refractivity contribution in [1.29, 1.82) is 0 Å². The molecule has 1 aliphatic heterocycles. The van der Waals surface area contributed by atoms with E-state index in [4.69, 9.17) is 16.3 Å². The van der Waals surface area contributed by atoms with Crippen molar-refractivity contribution in [3.8, 4) is 5.75 Å². The summed E-state index contributed by atoms with van der Waals surface area (Å²) in [4.78, 5) is 27.6. The maximum Gasteiger partial charge on any atom is 0.259 e. The van der Waals surface area contributed by atoms with Crippen LogP contribution in [0.15, 0.2) is 78.9 Å². The highest BCUT2D eigenvalue weighted by atomic mass is 35.5. The molecule has 3 aromatic rings. The summed E-state index contributed by atoms with van der Waals surface area (Å²) in [5, 5.41) is 0.646. The van der Waals surface area contributed by atoms with E-state index in [0.29, 0.717) is 28.5 Å². The predicted molar refractivity (Wildman–Crippen MR) is 114 cm³/mol. The van der Waals surface area contributed by atoms with Gasteiger partial charge in [0, 0.05) is 16.1 Å². The molecule has 3 aromatic carbocycles. The number of ketones is 1. The number of hydrogen-bond donors (Lipinski definition) is 0. The molecule has 5 heteroatoms. The Balaban J connectivity index is 1.67. The zero-order valence-electron chi connectivity index (χ0n) is 15.8. The van der Waals surface area contributed by atoms with E-state index >= 15 is 0 Å². The van der Waals surface area contributed by atoms with E-state index in [2.05, 4.69) is 0 Å². The number of anilines is 1. The Morgan fingerprint density at radius 3 is 2.38 bits per heavy atom. The van der Waals surface area contributed by atoms with Crippen LogP contribution in [0.3, 0.4) is 0 Å². The molecule has 0 radical (unpaired) electrons. The number of carbonyl (C=O) groups excluding carboxylic acids is 2. The molecule has 0 saturated carbocycles. The van der Waals surface area contributed by atoms with Crippen molar-refractivity contribution in [2.45, 2.75) is 6.54 Å². The molecule has 1 heterocycles. The first kappa shape index (κ1) is 19.0. The van der Waals surface area contributed by atoms with Crippen LogP contribution < -0.4 is 9.64 Å². The quantitative estimate of drug-likeness (QED) is 0.436. The van der Waals surface area contributed by atoms with Crippen molar-refractivity contribution >= 4 is 34.6 Å². The fourth-order valence-electron chi connectivity index (χ4n) is 3.35. The van der Waals surface area contributed by atoms with Crippen molar-refractivity contribution < 1.29 is 14.3 Å². The zero-order valence-corrected chi connectivity index (χ0v) is 16.5. The molecular formula is C24H18ClNO3. The molecule has 4 rings (SSSR count). The van der Waals surface area contributed by atoms with Gasteiger partial charge in [-0.3, -0.25) is 9.59 Å². The number of para-hydroxylation sites is 1. The summed E-state index contributed by atoms with van der Waals surface area (Å²) in [5.74, 6) is 0.257. The minimum atomic E-state index is -0.223. The second-order valence-corrected chi connectivity index (χ2v) is 7.12. The lowest BCUT2D eigenvalue weighted by Gasteiger charge is -2.17. The van der Waals surface area contributed by atoms with Gasteiger partial charge in [0.25, 0.3) is 5.91 Å². The third-order valence-corrected chi connectivity index (χ3v) is 5.12. The van der Waals surface area contributed by atoms with Crippen molar-refractivity contribution in [3.63, 3.8) is 0 Å². The monoisotopic (exact) mass is 403 g/mol. The molecule has 4 nitrogen and oxygen atoms in total. The van der Waals surface area contributed by atoms with Gasteiger partial charge in [-0.25, -0.2) is 0 Å². The van der Waals surface area contributed by atoms with Crippen LogP contribution in [0.1, 0.15) is 21.5 Å². The Bertz CT molecular complexity index is 1100. The van der Waals surface area contributed by atoms with Gasteiger partial charge >= 0.3 is 0 Å². The number of allylic oxidation sites excluding steroid dienone is 1. The van der Waals surface area contributed by atoms with Crippen LogP contribution in [-0.4, -0.2) is 18.8 Å². The lowest BCUT2D eigenvalue weighted by Crippen LogP contribution is -2.25. The maximum atomic E-state index is 13.2. The van der Waals surface area contributed by atoms with Gasteiger partial charge in [-0.05, 0) is 54.1 Å². The SMILES string of the molecule is COc1ccc(C(=O)C=C2C(=O)N(Cc3ccc(Cl)cc3)c3ccccc32)cc1. The van der Waals surface area contributed by atoms with Gasteiger partial charge in [0.15, 0.2) is 5.78 Å². The molecule has 1 amide bonds. The highest BCUT2D eigenvalue weighted by Gasteiger charge is 2.32. The Morgan fingerprint density at radius 1 is 1.00 bits per heavy atom. The molecule has 0 aromatic heterocycles. The average molecular weight is 404 g/mol. The van der Waals surface area contributed by atoms with Crippen molar-refractivity contribution in [1.82, 2.24) is 0 Å². The van der Waals surface area contributed by atoms with Crippen LogP contribution in [0.25, 0.3) is 5.57 Å². The number of rotatable bonds is 5. The normalized spacial score (nSPS) is 14.2. The molecule has 1 aliphatic rings. The summed E-state index contributed by atoms with van der Waals surface area (Å²) in [7, 11) is 1.57. The van der Waals surface area contributed by atoms with Crippen LogP contribution in [0.4, 0.5) is 5.69 Å². The van der Waals surface area contributed by atoms with Gasteiger partial charge in [-0.1, -0.05) is 41.9 Å². The Hall–Kier alpha value is -3.37. The summed E-state index contributed by atoms with van der Waals surface area (Å²) in [5.41, 5.74) is 3.41. The Morgan fingerprint density at radius 2 is 1.69 bits per heavy atom. The van der Waals surface area contributed by atoms with Crippen LogP contribution in [0, 0.1) is 0 Å². The number of carbonyl (C=O) groups is 2. The zero-order chi connectivity index (χ0) is 20.4. The van der Waals surface area contributed by atoms with Gasteiger partial charge in [0.2, 0.25) is 0 Å². The maximum absolute atomic E-state index is 13.2. The number of fused-ring (bicyclic) bond motifs is 1. The average Bonchev–Trinajstić information content (AvgIpc) is 3.01. The number of methoxy groups -OCH3 is 1. The molecule has 0 atom stereocenters. The van der Waals surface area contributed by atoms with Crippen LogP contribution in [0.2, 0.25) is 5.02 Å². The van der Waals surface area contributed by atoms with Gasteiger partial charge < -0.3 is 9.64 Å². The van der Waals surface area contributed by atoms with Crippen molar-refractivity contribution in [2.75, 3.05) is 12.0 Å². The standard InChI is InChI=1S/C24H18ClNO3/c1-29-19-12-8-17(9-13-19)23(27)14-21-20-4-2-3-5-22(20)26(24(21)28)15-16-6-10-18(25)11-7-16/h2-14H,15H2,1H3. The number of benzene rings is 3. The minimum Gasteiger partial charge on any atom is -0.497 e. The third kappa shape index (κ3) is 3.80. The van der Waals surface area contributed by atoms with Crippen molar-refractivity contribution in [3.05, 3.63) is 101 Å². The molecule has 29 heavy (non-hydrogen) atoms. The third-order valence-electron chi connectivity index (χ3n) is 4.86. The molecule has 0 spiro atoms. The fraction of sp³-hybridized carbons (Fsp3) is 0.0833. The van der Waals surface area contributed by atoms with E-state index in [1.165, 1.54) is 6.08 Å². The van der Waals surface area contributed by atoms with Gasteiger partial charge in [0.05, 0.1) is 24.9 Å². The molecule has 0 N–H and O–H groups in total. The molecule has 0 aliphatic carbocycles. The Labute approximate surface area is 174 Å². The highest BCUT2D eigenvalue weighted by Crippen LogP contribution is 2.37. The number of nitrogens with zero attached hydrogens (tertiary/aromatic N) is 1. The van der Waals surface area contributed by atoms with Crippen LogP contribution >= 0.6 is 11.6 Å². The van der Waals surface area contributed by atoms with E-state index in [0.717, 1.165) is 16.8 Å². The molecule has 144 valence electrons. The van der Waals surface area contributed by atoms with Crippen LogP contribution in [0.5, 0.6) is 5.75 Å². The first-order chi connectivity index (χ1) is 14.1. The summed E-state index contributed by atoms with van der Waals surface area (Å²) >= 11 is 5.96. The van der Waals surface area contributed by atoms with E-state index in [9.17, 15) is 9.59 Å². The highest BCUT2D eigenvalue weighted by molar-refractivity contribution is 6.35. The summed E-state index contributed by atoms with van der Waals surface area (Å²) < 4.78 is 5.13. The molecule has 0 unspecified atom stereocenters. The van der Waals surface area contributed by atoms with Crippen molar-refractivity contribution in [2.24, 2.45) is 0 Å². The van der Waals surface area contributed by atoms with Gasteiger partial charge in [-0.2, -0.15) is 0 Å². The number of hydrogen-bond acceptors (Lipinski definition) is 3. The van der Waals surface area contributed by atoms with E-state index in [1.54, 1.807) is 48.4 Å². The predicted octanol–water partition coefficient (Wildman–Crippen LogP) is 5.16. The van der Waals surface area contributed by atoms with E-state index in [-0.39, 0.29) is 11.7 Å². The lowest BCUT2D eigenvalue weighted by atomic mass is 10.0. The lowest BCUT2D eigenvalue weighted by molar-refractivity contribution is -0.113. The topological polar surface area (TPSA) is 46.6 Å². The molecule has 0 bridgehead atoms. The smallest absolute Gasteiger partial charge is 0.259 e. The minimum absolute atomic E-state index is 0.192. The second kappa shape index (κ2) is 7.94. The van der Waals surface area contributed by atoms with Crippen LogP contribution in [-0.2, 0) is 11.3 Å². The molecular weight excluding hydrogens is 386 g/mol. The van der Waals surface area contributed by atoms with E-state index < -0.39 is 0 Å². The molecule has 0 fully saturated rings. The van der Waals surface area contributed by atoms with Gasteiger partial charge in [-0.15, -0.1) is 0 Å². The first-order valence-electron chi connectivity index (χ1n) is 9.12. The number of amides is 1. The van der Waals surface area contributed by atoms with Gasteiger partial charge in [0.1, 0.15) is 5.75 Å².